The van der Waals surface area contributed by atoms with Crippen molar-refractivity contribution in [2.24, 2.45) is 0 Å². The van der Waals surface area contributed by atoms with Crippen LogP contribution in [0.25, 0.3) is 0 Å². The summed E-state index contributed by atoms with van der Waals surface area (Å²) >= 11 is 5.52. The van der Waals surface area contributed by atoms with Crippen molar-refractivity contribution in [3.63, 3.8) is 0 Å². The fourth-order valence-corrected chi connectivity index (χ4v) is 1.55. The van der Waals surface area contributed by atoms with Crippen molar-refractivity contribution < 1.29 is 23.0 Å². The monoisotopic (exact) mass is 282 g/mol. The summed E-state index contributed by atoms with van der Waals surface area (Å²) in [6.07, 6.45) is -2.82. The van der Waals surface area contributed by atoms with Crippen molar-refractivity contribution in [1.29, 1.82) is 0 Å². The summed E-state index contributed by atoms with van der Waals surface area (Å²) in [5.41, 5.74) is 0.596. The highest BCUT2D eigenvalue weighted by atomic mass is 35.5. The maximum Gasteiger partial charge on any atom is 0.261 e. The molecule has 0 aliphatic heterocycles. The van der Waals surface area contributed by atoms with Crippen LogP contribution in [0.2, 0.25) is 5.02 Å². The first-order valence-electron chi connectivity index (χ1n) is 5.47. The van der Waals surface area contributed by atoms with Crippen molar-refractivity contribution in [1.82, 2.24) is 0 Å². The van der Waals surface area contributed by atoms with E-state index in [1.54, 1.807) is 6.07 Å². The fraction of sp³-hybridized carbons (Fsp3) is 0.500. The summed E-state index contributed by atoms with van der Waals surface area (Å²) in [4.78, 5) is 0. The molecule has 1 aromatic carbocycles. The molecular weight excluding hydrogens is 269 g/mol. The number of ether oxygens (including phenoxy) is 1. The van der Waals surface area contributed by atoms with Gasteiger partial charge in [-0.1, -0.05) is 17.7 Å². The minimum absolute atomic E-state index is 0.0218. The molecule has 1 rings (SSSR count). The lowest BCUT2D eigenvalue weighted by Gasteiger charge is -2.11. The number of benzene rings is 1. The van der Waals surface area contributed by atoms with E-state index >= 15 is 0 Å². The molecule has 0 bridgehead atoms. The van der Waals surface area contributed by atoms with Crippen LogP contribution in [0.4, 0.5) is 13.2 Å². The van der Waals surface area contributed by atoms with Gasteiger partial charge < -0.3 is 9.84 Å². The topological polar surface area (TPSA) is 29.5 Å². The summed E-state index contributed by atoms with van der Waals surface area (Å²) in [6.45, 7) is -0.593. The highest BCUT2D eigenvalue weighted by molar-refractivity contribution is 6.30. The highest BCUT2D eigenvalue weighted by Gasteiger charge is 2.09. The van der Waals surface area contributed by atoms with E-state index < -0.39 is 25.0 Å². The van der Waals surface area contributed by atoms with E-state index in [4.69, 9.17) is 11.6 Å². The van der Waals surface area contributed by atoms with Crippen molar-refractivity contribution in [2.45, 2.75) is 25.4 Å². The number of alkyl halides is 2. The lowest BCUT2D eigenvalue weighted by molar-refractivity contribution is 0.00512. The molecule has 18 heavy (non-hydrogen) atoms. The van der Waals surface area contributed by atoms with Crippen LogP contribution in [0.1, 0.15) is 12.0 Å². The van der Waals surface area contributed by atoms with Crippen molar-refractivity contribution in [3.05, 3.63) is 34.6 Å². The zero-order valence-electron chi connectivity index (χ0n) is 9.58. The predicted molar refractivity (Wildman–Crippen MR) is 62.6 cm³/mol. The van der Waals surface area contributed by atoms with Gasteiger partial charge in [-0.3, -0.25) is 0 Å². The average Bonchev–Trinajstić information content (AvgIpc) is 2.29. The summed E-state index contributed by atoms with van der Waals surface area (Å²) in [7, 11) is 0. The van der Waals surface area contributed by atoms with Crippen LogP contribution in [0, 0.1) is 5.82 Å². The molecule has 102 valence electrons. The SMILES string of the molecule is OC(CCOCC(F)F)Cc1ccc(Cl)c(F)c1. The number of aliphatic hydroxyl groups excluding tert-OH is 1. The smallest absolute Gasteiger partial charge is 0.261 e. The Balaban J connectivity index is 2.31. The Morgan fingerprint density at radius 3 is 2.67 bits per heavy atom. The Labute approximate surface area is 108 Å². The van der Waals surface area contributed by atoms with Crippen molar-refractivity contribution in [2.75, 3.05) is 13.2 Å². The minimum atomic E-state index is -2.51. The molecule has 0 spiro atoms. The molecule has 0 saturated carbocycles. The molecule has 2 nitrogen and oxygen atoms in total. The predicted octanol–water partition coefficient (Wildman–Crippen LogP) is 3.05. The lowest BCUT2D eigenvalue weighted by atomic mass is 10.1. The second-order valence-corrected chi connectivity index (χ2v) is 4.27. The molecule has 1 aromatic rings. The normalized spacial score (nSPS) is 13.0. The molecule has 6 heteroatoms. The van der Waals surface area contributed by atoms with E-state index in [9.17, 15) is 18.3 Å². The Morgan fingerprint density at radius 2 is 2.06 bits per heavy atom. The third-order valence-corrected chi connectivity index (χ3v) is 2.60. The molecule has 0 aromatic heterocycles. The molecule has 0 saturated heterocycles. The van der Waals surface area contributed by atoms with E-state index in [2.05, 4.69) is 4.74 Å². The van der Waals surface area contributed by atoms with Gasteiger partial charge in [0.1, 0.15) is 12.4 Å². The van der Waals surface area contributed by atoms with Crippen LogP contribution < -0.4 is 0 Å². The second-order valence-electron chi connectivity index (χ2n) is 3.86. The minimum Gasteiger partial charge on any atom is -0.393 e. The van der Waals surface area contributed by atoms with Gasteiger partial charge in [-0.25, -0.2) is 13.2 Å². The highest BCUT2D eigenvalue weighted by Crippen LogP contribution is 2.17. The van der Waals surface area contributed by atoms with Crippen molar-refractivity contribution >= 4 is 11.6 Å². The standard InChI is InChI=1S/C12H14ClF3O2/c13-10-2-1-8(6-11(10)14)5-9(17)3-4-18-7-12(15)16/h1-2,6,9,12,17H,3-5,7H2. The number of hydrogen-bond donors (Lipinski definition) is 1. The van der Waals surface area contributed by atoms with E-state index in [0.29, 0.717) is 5.56 Å². The molecule has 1 N–H and O–H groups in total. The number of halogens is 4. The van der Waals surface area contributed by atoms with Crippen LogP contribution >= 0.6 is 11.6 Å². The molecule has 0 aliphatic carbocycles. The van der Waals surface area contributed by atoms with Gasteiger partial charge in [0.25, 0.3) is 6.43 Å². The van der Waals surface area contributed by atoms with E-state index in [0.717, 1.165) is 0 Å². The fourth-order valence-electron chi connectivity index (χ4n) is 1.43. The van der Waals surface area contributed by atoms with Gasteiger partial charge in [-0.2, -0.15) is 0 Å². The molecule has 1 atom stereocenters. The molecule has 0 amide bonds. The van der Waals surface area contributed by atoms with Crippen LogP contribution in [-0.4, -0.2) is 30.8 Å². The van der Waals surface area contributed by atoms with Crippen LogP contribution in [-0.2, 0) is 11.2 Å². The van der Waals surface area contributed by atoms with Gasteiger partial charge in [0.15, 0.2) is 0 Å². The Kier molecular flexibility index (Phi) is 6.46. The van der Waals surface area contributed by atoms with Gasteiger partial charge in [-0.05, 0) is 30.5 Å². The number of aliphatic hydroxyl groups is 1. The quantitative estimate of drug-likeness (QED) is 0.779. The zero-order chi connectivity index (χ0) is 13.5. The third kappa shape index (κ3) is 5.71. The van der Waals surface area contributed by atoms with E-state index in [1.807, 2.05) is 0 Å². The Morgan fingerprint density at radius 1 is 1.33 bits per heavy atom. The largest absolute Gasteiger partial charge is 0.393 e. The zero-order valence-corrected chi connectivity index (χ0v) is 10.3. The van der Waals surface area contributed by atoms with Gasteiger partial charge in [0.2, 0.25) is 0 Å². The Bertz CT molecular complexity index is 374. The molecule has 0 heterocycles. The molecule has 0 fully saturated rings. The summed E-state index contributed by atoms with van der Waals surface area (Å²) in [5.74, 6) is -0.546. The average molecular weight is 283 g/mol. The number of hydrogen-bond acceptors (Lipinski definition) is 2. The first kappa shape index (κ1) is 15.3. The number of rotatable bonds is 7. The summed E-state index contributed by atoms with van der Waals surface area (Å²) < 4.78 is 41.2. The maximum absolute atomic E-state index is 13.1. The molecule has 0 radical (unpaired) electrons. The Hall–Kier alpha value is -0.780. The van der Waals surface area contributed by atoms with Gasteiger partial charge >= 0.3 is 0 Å². The van der Waals surface area contributed by atoms with Gasteiger partial charge in [-0.15, -0.1) is 0 Å². The first-order chi connectivity index (χ1) is 8.49. The summed E-state index contributed by atoms with van der Waals surface area (Å²) in [6, 6.07) is 4.26. The second kappa shape index (κ2) is 7.61. The van der Waals surface area contributed by atoms with Crippen LogP contribution in [0.5, 0.6) is 0 Å². The van der Waals surface area contributed by atoms with E-state index in [1.165, 1.54) is 12.1 Å². The van der Waals surface area contributed by atoms with Crippen molar-refractivity contribution in [3.8, 4) is 0 Å². The molecule has 0 aliphatic rings. The van der Waals surface area contributed by atoms with Gasteiger partial charge in [0.05, 0.1) is 11.1 Å². The summed E-state index contributed by atoms with van der Waals surface area (Å²) in [5, 5.41) is 9.63. The van der Waals surface area contributed by atoms with E-state index in [-0.39, 0.29) is 24.5 Å². The molecule has 1 unspecified atom stereocenters. The lowest BCUT2D eigenvalue weighted by Crippen LogP contribution is -2.15. The third-order valence-electron chi connectivity index (χ3n) is 2.29. The van der Waals surface area contributed by atoms with Crippen LogP contribution in [0.3, 0.4) is 0 Å². The first-order valence-corrected chi connectivity index (χ1v) is 5.84. The van der Waals surface area contributed by atoms with Crippen LogP contribution in [0.15, 0.2) is 18.2 Å². The van der Waals surface area contributed by atoms with Gasteiger partial charge in [0, 0.05) is 6.61 Å². The maximum atomic E-state index is 13.1. The molecular formula is C12H14ClF3O2.